The van der Waals surface area contributed by atoms with Crippen LogP contribution in [-0.2, 0) is 16.0 Å². The van der Waals surface area contributed by atoms with Crippen LogP contribution in [0.1, 0.15) is 32.3 Å². The second-order valence-corrected chi connectivity index (χ2v) is 8.18. The van der Waals surface area contributed by atoms with Crippen LogP contribution in [0.2, 0.25) is 0 Å². The third-order valence-corrected chi connectivity index (χ3v) is 4.90. The van der Waals surface area contributed by atoms with Crippen LogP contribution in [0.15, 0.2) is 71.4 Å². The Labute approximate surface area is 171 Å². The van der Waals surface area contributed by atoms with Crippen molar-refractivity contribution in [2.24, 2.45) is 10.4 Å². The number of aliphatic imine (C=N–C) groups is 1. The lowest BCUT2D eigenvalue weighted by Gasteiger charge is -2.32. The second-order valence-electron chi connectivity index (χ2n) is 8.18. The summed E-state index contributed by atoms with van der Waals surface area (Å²) in [6.45, 7) is 4.35. The molecule has 29 heavy (non-hydrogen) atoms. The molecule has 1 aliphatic rings. The molecular weight excluding hydrogens is 367 g/mol. The van der Waals surface area contributed by atoms with Crippen molar-refractivity contribution >= 4 is 17.4 Å². The first kappa shape index (κ1) is 20.8. The fourth-order valence-electron chi connectivity index (χ4n) is 3.63. The highest BCUT2D eigenvalue weighted by atomic mass is 19.1. The molecule has 0 aliphatic heterocycles. The van der Waals surface area contributed by atoms with Crippen LogP contribution in [0.25, 0.3) is 0 Å². The average molecular weight is 394 g/mol. The van der Waals surface area contributed by atoms with Gasteiger partial charge >= 0.3 is 5.97 Å². The monoisotopic (exact) mass is 394 g/mol. The van der Waals surface area contributed by atoms with Gasteiger partial charge in [-0.05, 0) is 54.2 Å². The van der Waals surface area contributed by atoms with E-state index in [0.29, 0.717) is 12.1 Å². The molecule has 0 saturated heterocycles. The van der Waals surface area contributed by atoms with Crippen molar-refractivity contribution in [3.8, 4) is 0 Å². The van der Waals surface area contributed by atoms with Crippen LogP contribution >= 0.6 is 0 Å². The smallest absolute Gasteiger partial charge is 0.328 e. The predicted octanol–water partition coefficient (Wildman–Crippen LogP) is 4.98. The van der Waals surface area contributed by atoms with Gasteiger partial charge in [0.2, 0.25) is 0 Å². The van der Waals surface area contributed by atoms with E-state index in [2.05, 4.69) is 24.2 Å². The molecule has 152 valence electrons. The second kappa shape index (κ2) is 9.03. The van der Waals surface area contributed by atoms with E-state index in [-0.39, 0.29) is 17.2 Å². The molecule has 0 heterocycles. The summed E-state index contributed by atoms with van der Waals surface area (Å²) < 4.78 is 18.2. The van der Waals surface area contributed by atoms with Gasteiger partial charge in [0.25, 0.3) is 0 Å². The molecule has 3 rings (SSSR count). The van der Waals surface area contributed by atoms with E-state index in [1.54, 1.807) is 12.1 Å². The number of benzene rings is 2. The average Bonchev–Trinajstić information content (AvgIpc) is 2.68. The van der Waals surface area contributed by atoms with Crippen LogP contribution in [-0.4, -0.2) is 24.8 Å². The number of ether oxygens (including phenoxy) is 1. The highest BCUT2D eigenvalue weighted by Crippen LogP contribution is 2.34. The zero-order valence-corrected chi connectivity index (χ0v) is 17.1. The molecule has 2 aromatic rings. The first-order chi connectivity index (χ1) is 13.8. The Bertz CT molecular complexity index is 902. The first-order valence-electron chi connectivity index (χ1n) is 9.77. The van der Waals surface area contributed by atoms with Crippen molar-refractivity contribution in [2.45, 2.75) is 39.2 Å². The van der Waals surface area contributed by atoms with Gasteiger partial charge in [-0.15, -0.1) is 0 Å². The van der Waals surface area contributed by atoms with Gasteiger partial charge in [0.05, 0.1) is 12.8 Å². The van der Waals surface area contributed by atoms with Crippen LogP contribution in [0.5, 0.6) is 0 Å². The minimum Gasteiger partial charge on any atom is -0.467 e. The van der Waals surface area contributed by atoms with E-state index in [1.807, 2.05) is 36.4 Å². The van der Waals surface area contributed by atoms with Crippen molar-refractivity contribution in [1.29, 1.82) is 0 Å². The minimum atomic E-state index is -0.477. The Morgan fingerprint density at radius 3 is 2.48 bits per heavy atom. The normalized spacial score (nSPS) is 18.1. The summed E-state index contributed by atoms with van der Waals surface area (Å²) in [5.74, 6) is -0.576. The molecule has 1 atom stereocenters. The predicted molar refractivity (Wildman–Crippen MR) is 114 cm³/mol. The quantitative estimate of drug-likeness (QED) is 0.704. The summed E-state index contributed by atoms with van der Waals surface area (Å²) in [6, 6.07) is 15.5. The van der Waals surface area contributed by atoms with Crippen molar-refractivity contribution in [3.05, 3.63) is 77.8 Å². The number of hydrogen-bond donors (Lipinski definition) is 1. The van der Waals surface area contributed by atoms with Gasteiger partial charge in [0.15, 0.2) is 0 Å². The largest absolute Gasteiger partial charge is 0.467 e. The molecule has 1 N–H and O–H groups in total. The number of nitrogens with one attached hydrogen (secondary N) is 1. The SMILES string of the molecule is COC(=O)C(Cc1ccccc1)NC1=C/C(=N/c2ccc(F)cc2)CC(C)(C)C1. The number of halogens is 1. The number of carbonyl (C=O) groups is 1. The number of nitrogens with zero attached hydrogens (tertiary/aromatic N) is 1. The number of carbonyl (C=O) groups excluding carboxylic acids is 1. The Balaban J connectivity index is 1.84. The minimum absolute atomic E-state index is 0.0106. The number of methoxy groups -OCH3 is 1. The zero-order valence-electron chi connectivity index (χ0n) is 17.1. The Morgan fingerprint density at radius 1 is 1.14 bits per heavy atom. The topological polar surface area (TPSA) is 50.7 Å². The molecule has 1 unspecified atom stereocenters. The molecular formula is C24H27FN2O2. The molecule has 0 radical (unpaired) electrons. The van der Waals surface area contributed by atoms with Gasteiger partial charge in [0.1, 0.15) is 11.9 Å². The highest BCUT2D eigenvalue weighted by molar-refractivity contribution is 5.98. The van der Waals surface area contributed by atoms with Gasteiger partial charge in [-0.3, -0.25) is 4.99 Å². The fraction of sp³-hybridized carbons (Fsp3) is 0.333. The third-order valence-electron chi connectivity index (χ3n) is 4.90. The van der Waals surface area contributed by atoms with Crippen molar-refractivity contribution in [3.63, 3.8) is 0 Å². The Morgan fingerprint density at radius 2 is 1.83 bits per heavy atom. The van der Waals surface area contributed by atoms with Crippen molar-refractivity contribution < 1.29 is 13.9 Å². The summed E-state index contributed by atoms with van der Waals surface area (Å²) in [6.07, 6.45) is 4.14. The van der Waals surface area contributed by atoms with Crippen LogP contribution < -0.4 is 5.32 Å². The molecule has 0 aromatic heterocycles. The summed E-state index contributed by atoms with van der Waals surface area (Å²) in [7, 11) is 1.41. The third kappa shape index (κ3) is 6.01. The molecule has 1 aliphatic carbocycles. The van der Waals surface area contributed by atoms with E-state index in [1.165, 1.54) is 19.2 Å². The van der Waals surface area contributed by atoms with E-state index in [0.717, 1.165) is 29.8 Å². The molecule has 0 spiro atoms. The van der Waals surface area contributed by atoms with Gasteiger partial charge in [-0.2, -0.15) is 0 Å². The standard InChI is InChI=1S/C24H27FN2O2/c1-24(2)15-20(26-19-11-9-18(25)10-12-19)14-21(16-24)27-22(23(28)29-3)13-17-7-5-4-6-8-17/h4-12,14,22,27H,13,15-16H2,1-3H3/b26-20-. The summed E-state index contributed by atoms with van der Waals surface area (Å²) in [5.41, 5.74) is 3.62. The molecule has 2 aromatic carbocycles. The van der Waals surface area contributed by atoms with E-state index < -0.39 is 6.04 Å². The summed E-state index contributed by atoms with van der Waals surface area (Å²) >= 11 is 0. The van der Waals surface area contributed by atoms with Gasteiger partial charge in [-0.1, -0.05) is 44.2 Å². The van der Waals surface area contributed by atoms with Crippen molar-refractivity contribution in [1.82, 2.24) is 5.32 Å². The first-order valence-corrected chi connectivity index (χ1v) is 9.77. The number of hydrogen-bond acceptors (Lipinski definition) is 4. The maximum atomic E-state index is 13.2. The maximum absolute atomic E-state index is 13.2. The van der Waals surface area contributed by atoms with E-state index in [9.17, 15) is 9.18 Å². The Kier molecular flexibility index (Phi) is 6.47. The van der Waals surface area contributed by atoms with Gasteiger partial charge < -0.3 is 10.1 Å². The lowest BCUT2D eigenvalue weighted by molar-refractivity contribution is -0.142. The molecule has 4 nitrogen and oxygen atoms in total. The summed E-state index contributed by atoms with van der Waals surface area (Å²) in [4.78, 5) is 17.1. The molecule has 0 fully saturated rings. The van der Waals surface area contributed by atoms with Crippen molar-refractivity contribution in [2.75, 3.05) is 7.11 Å². The van der Waals surface area contributed by atoms with Gasteiger partial charge in [0, 0.05) is 17.8 Å². The highest BCUT2D eigenvalue weighted by Gasteiger charge is 2.29. The molecule has 5 heteroatoms. The van der Waals surface area contributed by atoms with Crippen LogP contribution in [0.3, 0.4) is 0 Å². The number of allylic oxidation sites excluding steroid dienone is 2. The van der Waals surface area contributed by atoms with Gasteiger partial charge in [-0.25, -0.2) is 9.18 Å². The lowest BCUT2D eigenvalue weighted by atomic mass is 9.78. The number of esters is 1. The molecule has 0 bridgehead atoms. The zero-order chi connectivity index (χ0) is 20.9. The van der Waals surface area contributed by atoms with E-state index in [4.69, 9.17) is 4.74 Å². The lowest BCUT2D eigenvalue weighted by Crippen LogP contribution is -2.41. The molecule has 0 amide bonds. The molecule has 0 saturated carbocycles. The summed E-state index contributed by atoms with van der Waals surface area (Å²) in [5, 5.41) is 3.38. The van der Waals surface area contributed by atoms with Crippen LogP contribution in [0.4, 0.5) is 10.1 Å². The van der Waals surface area contributed by atoms with Crippen LogP contribution in [0, 0.1) is 11.2 Å². The van der Waals surface area contributed by atoms with E-state index >= 15 is 0 Å². The Hall–Kier alpha value is -2.95. The fourth-order valence-corrected chi connectivity index (χ4v) is 3.63. The number of rotatable bonds is 6. The maximum Gasteiger partial charge on any atom is 0.328 e.